The molecule has 0 spiro atoms. The molecule has 3 nitrogen and oxygen atoms in total. The van der Waals surface area contributed by atoms with Crippen LogP contribution in [0.3, 0.4) is 0 Å². The lowest BCUT2D eigenvalue weighted by Gasteiger charge is -2.07. The number of hydrogen-bond acceptors (Lipinski definition) is 3. The molecule has 21 heavy (non-hydrogen) atoms. The molecule has 0 atom stereocenters. The summed E-state index contributed by atoms with van der Waals surface area (Å²) in [6.45, 7) is 2.67. The Morgan fingerprint density at radius 3 is 2.38 bits per heavy atom. The van der Waals surface area contributed by atoms with E-state index in [0.717, 1.165) is 12.2 Å². The Morgan fingerprint density at radius 1 is 1.05 bits per heavy atom. The summed E-state index contributed by atoms with van der Waals surface area (Å²) in [6, 6.07) is 12.9. The summed E-state index contributed by atoms with van der Waals surface area (Å²) in [4.78, 5) is 11.8. The van der Waals surface area contributed by atoms with Gasteiger partial charge in [-0.3, -0.25) is 4.79 Å². The number of halogens is 1. The van der Waals surface area contributed by atoms with Crippen LogP contribution in [0.15, 0.2) is 48.5 Å². The lowest BCUT2D eigenvalue weighted by molar-refractivity contribution is -0.133. The Balaban J connectivity index is 1.92. The van der Waals surface area contributed by atoms with Crippen molar-refractivity contribution in [2.75, 3.05) is 6.61 Å². The van der Waals surface area contributed by atoms with Gasteiger partial charge in [0, 0.05) is 0 Å². The second-order valence-electron chi connectivity index (χ2n) is 4.56. The molecular weight excluding hydrogens is 271 g/mol. The Kier molecular flexibility index (Phi) is 5.32. The summed E-state index contributed by atoms with van der Waals surface area (Å²) in [5, 5.41) is 0. The number of carbonyl (C=O) groups excluding carboxylic acids is 1. The molecule has 2 aromatic rings. The first-order valence-corrected chi connectivity index (χ1v) is 6.86. The van der Waals surface area contributed by atoms with Crippen molar-refractivity contribution < 1.29 is 18.7 Å². The van der Waals surface area contributed by atoms with Crippen molar-refractivity contribution in [2.45, 2.75) is 19.8 Å². The van der Waals surface area contributed by atoms with Gasteiger partial charge in [0.15, 0.2) is 0 Å². The summed E-state index contributed by atoms with van der Waals surface area (Å²) >= 11 is 0. The largest absolute Gasteiger partial charge is 0.494 e. The van der Waals surface area contributed by atoms with E-state index in [-0.39, 0.29) is 6.42 Å². The summed E-state index contributed by atoms with van der Waals surface area (Å²) in [5.74, 6) is 0.242. The van der Waals surface area contributed by atoms with Crippen LogP contribution in [0.25, 0.3) is 0 Å². The van der Waals surface area contributed by atoms with Crippen LogP contribution in [0.2, 0.25) is 0 Å². The second-order valence-corrected chi connectivity index (χ2v) is 4.56. The molecule has 0 bridgehead atoms. The highest BCUT2D eigenvalue weighted by atomic mass is 19.1. The van der Waals surface area contributed by atoms with E-state index < -0.39 is 11.8 Å². The molecule has 0 heterocycles. The van der Waals surface area contributed by atoms with E-state index in [9.17, 15) is 9.18 Å². The highest BCUT2D eigenvalue weighted by molar-refractivity contribution is 5.75. The van der Waals surface area contributed by atoms with Crippen molar-refractivity contribution in [1.29, 1.82) is 0 Å². The molecule has 0 N–H and O–H groups in total. The van der Waals surface area contributed by atoms with Gasteiger partial charge in [-0.05, 0) is 42.3 Å². The lowest BCUT2D eigenvalue weighted by Crippen LogP contribution is -2.12. The van der Waals surface area contributed by atoms with E-state index in [4.69, 9.17) is 9.47 Å². The molecular formula is C17H17FO3. The maximum Gasteiger partial charge on any atom is 0.315 e. The molecule has 0 fully saturated rings. The van der Waals surface area contributed by atoms with Crippen molar-refractivity contribution in [2.24, 2.45) is 0 Å². The maximum atomic E-state index is 13.4. The first-order valence-electron chi connectivity index (χ1n) is 6.86. The standard InChI is InChI=1S/C17H17FO3/c1-2-11-20-14-7-9-15(10-8-14)21-17(19)12-13-5-3-4-6-16(13)18/h3-10H,2,11-12H2,1H3. The van der Waals surface area contributed by atoms with E-state index in [2.05, 4.69) is 0 Å². The fraction of sp³-hybridized carbons (Fsp3) is 0.235. The Morgan fingerprint density at radius 2 is 1.71 bits per heavy atom. The molecule has 0 saturated carbocycles. The Bertz CT molecular complexity index is 593. The maximum absolute atomic E-state index is 13.4. The van der Waals surface area contributed by atoms with E-state index >= 15 is 0 Å². The number of rotatable bonds is 6. The Labute approximate surface area is 123 Å². The van der Waals surface area contributed by atoms with E-state index in [0.29, 0.717) is 17.9 Å². The molecule has 2 rings (SSSR count). The minimum Gasteiger partial charge on any atom is -0.494 e. The molecule has 0 unspecified atom stereocenters. The number of benzene rings is 2. The van der Waals surface area contributed by atoms with Crippen LogP contribution in [-0.4, -0.2) is 12.6 Å². The molecule has 0 aliphatic heterocycles. The first kappa shape index (κ1) is 15.0. The average Bonchev–Trinajstić information content (AvgIpc) is 2.49. The van der Waals surface area contributed by atoms with Gasteiger partial charge in [0.1, 0.15) is 17.3 Å². The molecule has 0 amide bonds. The lowest BCUT2D eigenvalue weighted by atomic mass is 10.1. The highest BCUT2D eigenvalue weighted by Crippen LogP contribution is 2.18. The van der Waals surface area contributed by atoms with Crippen LogP contribution < -0.4 is 9.47 Å². The summed E-state index contributed by atoms with van der Waals surface area (Å²) in [5.41, 5.74) is 0.324. The van der Waals surface area contributed by atoms with E-state index in [1.54, 1.807) is 42.5 Å². The van der Waals surface area contributed by atoms with Gasteiger partial charge in [-0.15, -0.1) is 0 Å². The fourth-order valence-electron chi connectivity index (χ4n) is 1.79. The van der Waals surface area contributed by atoms with Gasteiger partial charge < -0.3 is 9.47 Å². The van der Waals surface area contributed by atoms with Gasteiger partial charge in [-0.25, -0.2) is 4.39 Å². The van der Waals surface area contributed by atoms with E-state index in [1.165, 1.54) is 6.07 Å². The molecule has 0 aromatic heterocycles. The molecule has 4 heteroatoms. The smallest absolute Gasteiger partial charge is 0.315 e. The van der Waals surface area contributed by atoms with Crippen molar-refractivity contribution in [3.8, 4) is 11.5 Å². The number of esters is 1. The van der Waals surface area contributed by atoms with Gasteiger partial charge in [0.05, 0.1) is 13.0 Å². The van der Waals surface area contributed by atoms with Gasteiger partial charge in [0.2, 0.25) is 0 Å². The third-order valence-electron chi connectivity index (χ3n) is 2.82. The first-order chi connectivity index (χ1) is 10.2. The fourth-order valence-corrected chi connectivity index (χ4v) is 1.79. The molecule has 0 saturated heterocycles. The predicted octanol–water partition coefficient (Wildman–Crippen LogP) is 3.76. The number of carbonyl (C=O) groups is 1. The normalized spacial score (nSPS) is 10.2. The monoisotopic (exact) mass is 288 g/mol. The molecule has 0 radical (unpaired) electrons. The summed E-state index contributed by atoms with van der Waals surface area (Å²) < 4.78 is 24.0. The summed E-state index contributed by atoms with van der Waals surface area (Å²) in [7, 11) is 0. The molecule has 0 aliphatic rings. The van der Waals surface area contributed by atoms with Crippen LogP contribution in [0.1, 0.15) is 18.9 Å². The third-order valence-corrected chi connectivity index (χ3v) is 2.82. The van der Waals surface area contributed by atoms with Crippen molar-refractivity contribution in [1.82, 2.24) is 0 Å². The zero-order valence-corrected chi connectivity index (χ0v) is 11.8. The summed E-state index contributed by atoms with van der Waals surface area (Å²) in [6.07, 6.45) is 0.833. The van der Waals surface area contributed by atoms with Gasteiger partial charge in [-0.1, -0.05) is 25.1 Å². The van der Waals surface area contributed by atoms with Gasteiger partial charge in [-0.2, -0.15) is 0 Å². The van der Waals surface area contributed by atoms with Crippen molar-refractivity contribution in [3.05, 3.63) is 59.9 Å². The molecule has 110 valence electrons. The van der Waals surface area contributed by atoms with Crippen LogP contribution in [0, 0.1) is 5.82 Å². The third kappa shape index (κ3) is 4.60. The van der Waals surface area contributed by atoms with Gasteiger partial charge in [0.25, 0.3) is 0 Å². The van der Waals surface area contributed by atoms with Gasteiger partial charge >= 0.3 is 5.97 Å². The molecule has 2 aromatic carbocycles. The number of ether oxygens (including phenoxy) is 2. The van der Waals surface area contributed by atoms with Crippen LogP contribution >= 0.6 is 0 Å². The topological polar surface area (TPSA) is 35.5 Å². The quantitative estimate of drug-likeness (QED) is 0.599. The predicted molar refractivity (Wildman–Crippen MR) is 78.0 cm³/mol. The second kappa shape index (κ2) is 7.43. The highest BCUT2D eigenvalue weighted by Gasteiger charge is 2.10. The zero-order valence-electron chi connectivity index (χ0n) is 11.8. The minimum absolute atomic E-state index is 0.0965. The number of hydrogen-bond donors (Lipinski definition) is 0. The van der Waals surface area contributed by atoms with Crippen LogP contribution in [0.4, 0.5) is 4.39 Å². The van der Waals surface area contributed by atoms with Crippen molar-refractivity contribution >= 4 is 5.97 Å². The SMILES string of the molecule is CCCOc1ccc(OC(=O)Cc2ccccc2F)cc1. The van der Waals surface area contributed by atoms with Crippen LogP contribution in [0.5, 0.6) is 11.5 Å². The van der Waals surface area contributed by atoms with E-state index in [1.807, 2.05) is 6.92 Å². The van der Waals surface area contributed by atoms with Crippen molar-refractivity contribution in [3.63, 3.8) is 0 Å². The van der Waals surface area contributed by atoms with Crippen LogP contribution in [-0.2, 0) is 11.2 Å². The minimum atomic E-state index is -0.498. The Hall–Kier alpha value is -2.36. The molecule has 0 aliphatic carbocycles. The average molecular weight is 288 g/mol. The zero-order chi connectivity index (χ0) is 15.1.